The molecule has 178 valence electrons. The van der Waals surface area contributed by atoms with Crippen molar-refractivity contribution >= 4 is 29.4 Å². The van der Waals surface area contributed by atoms with Crippen LogP contribution in [0.4, 0.5) is 5.82 Å². The van der Waals surface area contributed by atoms with Crippen molar-refractivity contribution < 1.29 is 9.59 Å². The zero-order chi connectivity index (χ0) is 24.2. The number of nitrogens with two attached hydrogens (primary N) is 1. The summed E-state index contributed by atoms with van der Waals surface area (Å²) in [6.07, 6.45) is 9.15. The number of amides is 2. The quantitative estimate of drug-likeness (QED) is 0.516. The minimum absolute atomic E-state index is 0.0452. The van der Waals surface area contributed by atoms with Gasteiger partial charge < -0.3 is 16.0 Å². The van der Waals surface area contributed by atoms with Crippen LogP contribution in [0.3, 0.4) is 0 Å². The van der Waals surface area contributed by atoms with E-state index in [-0.39, 0.29) is 34.6 Å². The Hall–Kier alpha value is -3.67. The number of piperidine rings is 1. The van der Waals surface area contributed by atoms with E-state index in [0.717, 1.165) is 37.7 Å². The Morgan fingerprint density at radius 2 is 1.91 bits per heavy atom. The lowest BCUT2D eigenvalue weighted by Gasteiger charge is -2.32. The number of aryl methyl sites for hydroxylation is 1. The first-order chi connectivity index (χ1) is 16.4. The van der Waals surface area contributed by atoms with E-state index in [0.29, 0.717) is 37.4 Å². The Balaban J connectivity index is 1.75. The number of pyridine rings is 1. The molecule has 0 aromatic carbocycles. The SMILES string of the molecule is Cc1cccn2c(=O)c(/C=C(\C#N)C(=O)NC3CCCCC3)c(N3CCC(C(N)=O)CC3)nc12. The number of fused-ring (bicyclic) bond motifs is 1. The summed E-state index contributed by atoms with van der Waals surface area (Å²) in [5, 5.41) is 12.7. The number of carbonyl (C=O) groups is 2. The predicted octanol–water partition coefficient (Wildman–Crippen LogP) is 2.06. The van der Waals surface area contributed by atoms with Crippen molar-refractivity contribution in [3.8, 4) is 6.07 Å². The van der Waals surface area contributed by atoms with E-state index >= 15 is 0 Å². The molecule has 2 aliphatic rings. The minimum atomic E-state index is -0.471. The maximum absolute atomic E-state index is 13.5. The molecule has 2 aromatic rings. The molecule has 3 heterocycles. The van der Waals surface area contributed by atoms with E-state index in [4.69, 9.17) is 10.7 Å². The Kier molecular flexibility index (Phi) is 6.96. The molecule has 34 heavy (non-hydrogen) atoms. The first-order valence-electron chi connectivity index (χ1n) is 11.9. The fourth-order valence-corrected chi connectivity index (χ4v) is 4.85. The van der Waals surface area contributed by atoms with Crippen LogP contribution in [0, 0.1) is 24.2 Å². The monoisotopic (exact) mass is 462 g/mol. The molecule has 2 fully saturated rings. The highest BCUT2D eigenvalue weighted by molar-refractivity contribution is 6.02. The minimum Gasteiger partial charge on any atom is -0.369 e. The number of nitrogens with one attached hydrogen (secondary N) is 1. The number of hydrogen-bond donors (Lipinski definition) is 2. The number of rotatable bonds is 5. The van der Waals surface area contributed by atoms with Crippen molar-refractivity contribution in [2.45, 2.75) is 57.9 Å². The molecule has 0 spiro atoms. The second-order valence-electron chi connectivity index (χ2n) is 9.18. The molecule has 1 aliphatic heterocycles. The Morgan fingerprint density at radius 3 is 2.56 bits per heavy atom. The van der Waals surface area contributed by atoms with Gasteiger partial charge in [-0.3, -0.25) is 18.8 Å². The molecule has 1 aliphatic carbocycles. The number of nitrogens with zero attached hydrogens (tertiary/aromatic N) is 4. The molecule has 0 atom stereocenters. The van der Waals surface area contributed by atoms with E-state index in [1.165, 1.54) is 10.5 Å². The molecule has 2 aromatic heterocycles. The third-order valence-electron chi connectivity index (χ3n) is 6.86. The van der Waals surface area contributed by atoms with Crippen molar-refractivity contribution in [3.63, 3.8) is 0 Å². The van der Waals surface area contributed by atoms with Gasteiger partial charge in [0.15, 0.2) is 0 Å². The lowest BCUT2D eigenvalue weighted by Crippen LogP contribution is -2.40. The molecule has 0 unspecified atom stereocenters. The largest absolute Gasteiger partial charge is 0.369 e. The summed E-state index contributed by atoms with van der Waals surface area (Å²) in [6.45, 7) is 2.87. The van der Waals surface area contributed by atoms with Gasteiger partial charge in [-0.1, -0.05) is 25.3 Å². The van der Waals surface area contributed by atoms with Crippen LogP contribution in [0.2, 0.25) is 0 Å². The van der Waals surface area contributed by atoms with Crippen molar-refractivity contribution in [2.75, 3.05) is 18.0 Å². The average Bonchev–Trinajstić information content (AvgIpc) is 2.84. The van der Waals surface area contributed by atoms with E-state index in [1.807, 2.05) is 24.0 Å². The van der Waals surface area contributed by atoms with Gasteiger partial charge in [-0.15, -0.1) is 0 Å². The summed E-state index contributed by atoms with van der Waals surface area (Å²) in [6, 6.07) is 5.65. The highest BCUT2D eigenvalue weighted by Crippen LogP contribution is 2.26. The summed E-state index contributed by atoms with van der Waals surface area (Å²) >= 11 is 0. The molecule has 9 heteroatoms. The molecule has 4 rings (SSSR count). The molecule has 1 saturated carbocycles. The van der Waals surface area contributed by atoms with E-state index in [2.05, 4.69) is 5.32 Å². The number of hydrogen-bond acceptors (Lipinski definition) is 6. The fourth-order valence-electron chi connectivity index (χ4n) is 4.85. The van der Waals surface area contributed by atoms with Crippen LogP contribution < -0.4 is 21.5 Å². The highest BCUT2D eigenvalue weighted by atomic mass is 16.2. The lowest BCUT2D eigenvalue weighted by molar-refractivity contribution is -0.122. The number of primary amides is 1. The van der Waals surface area contributed by atoms with Crippen molar-refractivity contribution in [1.82, 2.24) is 14.7 Å². The summed E-state index contributed by atoms with van der Waals surface area (Å²) < 4.78 is 1.44. The number of aromatic nitrogens is 2. The van der Waals surface area contributed by atoms with Gasteiger partial charge in [-0.05, 0) is 50.3 Å². The Bertz CT molecular complexity index is 1230. The summed E-state index contributed by atoms with van der Waals surface area (Å²) in [5.41, 5.74) is 6.55. The molecule has 2 amide bonds. The topological polar surface area (TPSA) is 134 Å². The van der Waals surface area contributed by atoms with Crippen molar-refractivity contribution in [1.29, 1.82) is 5.26 Å². The van der Waals surface area contributed by atoms with Gasteiger partial charge in [-0.2, -0.15) is 5.26 Å². The van der Waals surface area contributed by atoms with Crippen LogP contribution in [-0.2, 0) is 9.59 Å². The smallest absolute Gasteiger partial charge is 0.267 e. The van der Waals surface area contributed by atoms with Gasteiger partial charge in [-0.25, -0.2) is 4.98 Å². The van der Waals surface area contributed by atoms with Crippen molar-refractivity contribution in [2.24, 2.45) is 11.7 Å². The molecule has 0 bridgehead atoms. The third kappa shape index (κ3) is 4.81. The maximum Gasteiger partial charge on any atom is 0.267 e. The standard InChI is InChI=1S/C25H30N6O3/c1-16-6-5-11-31-22(16)29-23(30-12-9-17(10-13-30)21(27)32)20(25(31)34)14-18(15-26)24(33)28-19-7-3-2-4-8-19/h5-6,11,14,17,19H,2-4,7-10,12-13H2,1H3,(H2,27,32)(H,28,33)/b18-14+. The molecular weight excluding hydrogens is 432 g/mol. The van der Waals surface area contributed by atoms with Gasteiger partial charge >= 0.3 is 0 Å². The van der Waals surface area contributed by atoms with E-state index < -0.39 is 5.91 Å². The predicted molar refractivity (Wildman–Crippen MR) is 129 cm³/mol. The molecule has 1 saturated heterocycles. The second-order valence-corrected chi connectivity index (χ2v) is 9.18. The van der Waals surface area contributed by atoms with Crippen LogP contribution in [0.15, 0.2) is 28.7 Å². The molecule has 3 N–H and O–H groups in total. The van der Waals surface area contributed by atoms with Gasteiger partial charge in [0.25, 0.3) is 11.5 Å². The first-order valence-corrected chi connectivity index (χ1v) is 11.9. The molecule has 9 nitrogen and oxygen atoms in total. The number of carbonyl (C=O) groups excluding carboxylic acids is 2. The Labute approximate surface area is 198 Å². The lowest BCUT2D eigenvalue weighted by atomic mass is 9.95. The maximum atomic E-state index is 13.5. The summed E-state index contributed by atoms with van der Waals surface area (Å²) in [7, 11) is 0. The van der Waals surface area contributed by atoms with Crippen LogP contribution in [0.25, 0.3) is 11.7 Å². The second kappa shape index (κ2) is 10.1. The van der Waals surface area contributed by atoms with Gasteiger partial charge in [0.2, 0.25) is 5.91 Å². The van der Waals surface area contributed by atoms with Crippen LogP contribution in [0.5, 0.6) is 0 Å². The zero-order valence-electron chi connectivity index (χ0n) is 19.4. The normalized spacial score (nSPS) is 18.0. The summed E-state index contributed by atoms with van der Waals surface area (Å²) in [4.78, 5) is 44.7. The van der Waals surface area contributed by atoms with Crippen LogP contribution in [-0.4, -0.2) is 40.3 Å². The van der Waals surface area contributed by atoms with Crippen LogP contribution in [0.1, 0.15) is 56.1 Å². The third-order valence-corrected chi connectivity index (χ3v) is 6.86. The van der Waals surface area contributed by atoms with Crippen molar-refractivity contribution in [3.05, 3.63) is 45.4 Å². The number of anilines is 1. The zero-order valence-corrected chi connectivity index (χ0v) is 19.4. The van der Waals surface area contributed by atoms with Gasteiger partial charge in [0.05, 0.1) is 5.56 Å². The first kappa shape index (κ1) is 23.5. The van der Waals surface area contributed by atoms with E-state index in [9.17, 15) is 19.6 Å². The summed E-state index contributed by atoms with van der Waals surface area (Å²) in [5.74, 6) is -0.593. The fraction of sp³-hybridized carbons (Fsp3) is 0.480. The average molecular weight is 463 g/mol. The highest BCUT2D eigenvalue weighted by Gasteiger charge is 2.27. The molecule has 0 radical (unpaired) electrons. The van der Waals surface area contributed by atoms with Crippen LogP contribution >= 0.6 is 0 Å². The van der Waals surface area contributed by atoms with Gasteiger partial charge in [0.1, 0.15) is 23.1 Å². The molecular formula is C25H30N6O3. The van der Waals surface area contributed by atoms with Gasteiger partial charge in [0, 0.05) is 31.2 Å². The number of nitriles is 1. The Morgan fingerprint density at radius 1 is 1.21 bits per heavy atom. The van der Waals surface area contributed by atoms with E-state index in [1.54, 1.807) is 12.3 Å².